The summed E-state index contributed by atoms with van der Waals surface area (Å²) in [5.41, 5.74) is 4.95. The molecule has 0 fully saturated rings. The van der Waals surface area contributed by atoms with Crippen LogP contribution in [0, 0.1) is 0 Å². The third-order valence-electron chi connectivity index (χ3n) is 3.92. The van der Waals surface area contributed by atoms with Gasteiger partial charge in [-0.05, 0) is 24.1 Å². The van der Waals surface area contributed by atoms with E-state index in [1.807, 2.05) is 23.0 Å². The molecule has 0 bridgehead atoms. The smallest absolute Gasteiger partial charge is 0.180 e. The minimum atomic E-state index is 0.192. The molecule has 0 aliphatic rings. The Kier molecular flexibility index (Phi) is 2.51. The minimum absolute atomic E-state index is 0.192. The summed E-state index contributed by atoms with van der Waals surface area (Å²) in [5, 5.41) is 11.1. The number of nitrogens with zero attached hydrogens (tertiary/aromatic N) is 2. The number of hydrogen-bond donors (Lipinski definition) is 2. The van der Waals surface area contributed by atoms with E-state index in [2.05, 4.69) is 35.1 Å². The molecule has 4 rings (SSSR count). The van der Waals surface area contributed by atoms with Crippen molar-refractivity contribution in [3.05, 3.63) is 54.5 Å². The van der Waals surface area contributed by atoms with Crippen LogP contribution in [-0.4, -0.2) is 19.5 Å². The van der Waals surface area contributed by atoms with Crippen molar-refractivity contribution in [3.63, 3.8) is 0 Å². The van der Waals surface area contributed by atoms with Crippen LogP contribution in [0.3, 0.4) is 0 Å². The summed E-state index contributed by atoms with van der Waals surface area (Å²) in [6.45, 7) is 2.15. The van der Waals surface area contributed by atoms with Gasteiger partial charge in [0, 0.05) is 35.1 Å². The van der Waals surface area contributed by atoms with Gasteiger partial charge in [0.15, 0.2) is 11.4 Å². The molecule has 0 unspecified atom stereocenters. The fraction of sp³-hybridized carbons (Fsp3) is 0.118. The first kappa shape index (κ1) is 12.0. The minimum Gasteiger partial charge on any atom is -0.504 e. The van der Waals surface area contributed by atoms with Crippen LogP contribution >= 0.6 is 0 Å². The molecular formula is C17H15N3O. The zero-order valence-corrected chi connectivity index (χ0v) is 11.7. The molecule has 4 heteroatoms. The highest BCUT2D eigenvalue weighted by atomic mass is 16.3. The van der Waals surface area contributed by atoms with E-state index in [0.717, 1.165) is 28.6 Å². The number of pyridine rings is 1. The number of rotatable bonds is 2. The van der Waals surface area contributed by atoms with Crippen LogP contribution < -0.4 is 0 Å². The Hall–Kier alpha value is -2.75. The van der Waals surface area contributed by atoms with Gasteiger partial charge in [0.05, 0.1) is 5.69 Å². The number of hydrogen-bond acceptors (Lipinski definition) is 2. The highest BCUT2D eigenvalue weighted by Crippen LogP contribution is 2.31. The van der Waals surface area contributed by atoms with Crippen LogP contribution in [0.25, 0.3) is 27.8 Å². The molecule has 1 aromatic carbocycles. The Morgan fingerprint density at radius 2 is 2.14 bits per heavy atom. The molecule has 2 N–H and O–H groups in total. The molecule has 0 spiro atoms. The number of aromatic amines is 1. The summed E-state index contributed by atoms with van der Waals surface area (Å²) in [6, 6.07) is 9.77. The molecule has 104 valence electrons. The van der Waals surface area contributed by atoms with Gasteiger partial charge in [-0.3, -0.25) is 0 Å². The van der Waals surface area contributed by atoms with Crippen molar-refractivity contribution in [2.24, 2.45) is 0 Å². The topological polar surface area (TPSA) is 53.3 Å². The molecule has 0 atom stereocenters. The molecular weight excluding hydrogens is 262 g/mol. The maximum Gasteiger partial charge on any atom is 0.180 e. The SMILES string of the molecule is CCc1cccc2c(-c3cn4cccc(O)c4n3)c[nH]c12. The average Bonchev–Trinajstić information content (AvgIpc) is 3.10. The van der Waals surface area contributed by atoms with Gasteiger partial charge in [0.1, 0.15) is 0 Å². The van der Waals surface area contributed by atoms with Crippen LogP contribution in [0.5, 0.6) is 5.75 Å². The Labute approximate surface area is 121 Å². The predicted octanol–water partition coefficient (Wildman–Crippen LogP) is 3.75. The van der Waals surface area contributed by atoms with Gasteiger partial charge in [-0.1, -0.05) is 25.1 Å². The van der Waals surface area contributed by atoms with Gasteiger partial charge in [-0.2, -0.15) is 0 Å². The maximum atomic E-state index is 9.89. The Balaban J connectivity index is 1.98. The molecule has 0 aliphatic heterocycles. The van der Waals surface area contributed by atoms with Crippen molar-refractivity contribution >= 4 is 16.6 Å². The van der Waals surface area contributed by atoms with E-state index >= 15 is 0 Å². The van der Waals surface area contributed by atoms with E-state index in [-0.39, 0.29) is 5.75 Å². The van der Waals surface area contributed by atoms with Gasteiger partial charge in [-0.25, -0.2) is 4.98 Å². The van der Waals surface area contributed by atoms with E-state index in [1.54, 1.807) is 12.1 Å². The molecule has 0 radical (unpaired) electrons. The number of benzene rings is 1. The van der Waals surface area contributed by atoms with E-state index < -0.39 is 0 Å². The summed E-state index contributed by atoms with van der Waals surface area (Å²) < 4.78 is 1.84. The van der Waals surface area contributed by atoms with Crippen molar-refractivity contribution in [2.45, 2.75) is 13.3 Å². The van der Waals surface area contributed by atoms with E-state index in [9.17, 15) is 5.11 Å². The summed E-state index contributed by atoms with van der Waals surface area (Å²) in [7, 11) is 0. The lowest BCUT2D eigenvalue weighted by Crippen LogP contribution is -1.81. The van der Waals surface area contributed by atoms with Gasteiger partial charge in [0.2, 0.25) is 0 Å². The molecule has 0 saturated carbocycles. The number of para-hydroxylation sites is 1. The monoisotopic (exact) mass is 277 g/mol. The number of fused-ring (bicyclic) bond motifs is 2. The first-order valence-corrected chi connectivity index (χ1v) is 7.04. The first-order chi connectivity index (χ1) is 10.3. The molecule has 4 aromatic rings. The van der Waals surface area contributed by atoms with Crippen LogP contribution in [0.2, 0.25) is 0 Å². The zero-order chi connectivity index (χ0) is 14.4. The van der Waals surface area contributed by atoms with Crippen LogP contribution in [0.15, 0.2) is 48.9 Å². The molecule has 0 amide bonds. The number of nitrogens with one attached hydrogen (secondary N) is 1. The third-order valence-corrected chi connectivity index (χ3v) is 3.92. The lowest BCUT2D eigenvalue weighted by Gasteiger charge is -1.99. The quantitative estimate of drug-likeness (QED) is 0.586. The Bertz CT molecular complexity index is 949. The van der Waals surface area contributed by atoms with Gasteiger partial charge < -0.3 is 14.5 Å². The second kappa shape index (κ2) is 4.38. The van der Waals surface area contributed by atoms with Crippen LogP contribution in [0.1, 0.15) is 12.5 Å². The van der Waals surface area contributed by atoms with Gasteiger partial charge in [-0.15, -0.1) is 0 Å². The number of aryl methyl sites for hydroxylation is 1. The lowest BCUT2D eigenvalue weighted by molar-refractivity contribution is 0.477. The average molecular weight is 277 g/mol. The van der Waals surface area contributed by atoms with E-state index in [4.69, 9.17) is 0 Å². The summed E-state index contributed by atoms with van der Waals surface area (Å²) in [4.78, 5) is 7.91. The fourth-order valence-electron chi connectivity index (χ4n) is 2.85. The number of aromatic hydroxyl groups is 1. The summed E-state index contributed by atoms with van der Waals surface area (Å²) in [5.74, 6) is 0.192. The highest BCUT2D eigenvalue weighted by Gasteiger charge is 2.12. The molecule has 3 aromatic heterocycles. The number of H-pyrrole nitrogens is 1. The summed E-state index contributed by atoms with van der Waals surface area (Å²) >= 11 is 0. The second-order valence-corrected chi connectivity index (χ2v) is 5.15. The Morgan fingerprint density at radius 1 is 1.24 bits per heavy atom. The third kappa shape index (κ3) is 1.72. The number of imidazole rings is 1. The van der Waals surface area contributed by atoms with Crippen molar-refractivity contribution in [3.8, 4) is 17.0 Å². The molecule has 0 aliphatic carbocycles. The standard InChI is InChI=1S/C17H15N3O/c1-2-11-5-3-6-12-13(9-18-16(11)12)14-10-20-8-4-7-15(21)17(20)19-14/h3-10,18,21H,2H2,1H3. The molecule has 4 nitrogen and oxygen atoms in total. The van der Waals surface area contributed by atoms with E-state index in [1.165, 1.54) is 5.56 Å². The van der Waals surface area contributed by atoms with Crippen molar-refractivity contribution in [1.29, 1.82) is 0 Å². The van der Waals surface area contributed by atoms with E-state index in [0.29, 0.717) is 5.65 Å². The maximum absolute atomic E-state index is 9.89. The first-order valence-electron chi connectivity index (χ1n) is 7.04. The fourth-order valence-corrected chi connectivity index (χ4v) is 2.85. The lowest BCUT2D eigenvalue weighted by atomic mass is 10.1. The van der Waals surface area contributed by atoms with Crippen molar-refractivity contribution < 1.29 is 5.11 Å². The Morgan fingerprint density at radius 3 is 2.95 bits per heavy atom. The molecule has 0 saturated heterocycles. The normalized spacial score (nSPS) is 11.5. The zero-order valence-electron chi connectivity index (χ0n) is 11.7. The largest absolute Gasteiger partial charge is 0.504 e. The van der Waals surface area contributed by atoms with Crippen LogP contribution in [0.4, 0.5) is 0 Å². The van der Waals surface area contributed by atoms with Crippen molar-refractivity contribution in [1.82, 2.24) is 14.4 Å². The predicted molar refractivity (Wildman–Crippen MR) is 83.5 cm³/mol. The second-order valence-electron chi connectivity index (χ2n) is 5.15. The summed E-state index contributed by atoms with van der Waals surface area (Å²) in [6.07, 6.45) is 6.81. The highest BCUT2D eigenvalue weighted by molar-refractivity contribution is 5.96. The molecule has 21 heavy (non-hydrogen) atoms. The van der Waals surface area contributed by atoms with Crippen molar-refractivity contribution in [2.75, 3.05) is 0 Å². The number of aromatic nitrogens is 3. The molecule has 3 heterocycles. The van der Waals surface area contributed by atoms with Gasteiger partial charge in [0.25, 0.3) is 0 Å². The van der Waals surface area contributed by atoms with Crippen LogP contribution in [-0.2, 0) is 6.42 Å². The van der Waals surface area contributed by atoms with Gasteiger partial charge >= 0.3 is 0 Å².